The molecule has 134 valence electrons. The quantitative estimate of drug-likeness (QED) is 0.682. The van der Waals surface area contributed by atoms with E-state index in [1.54, 1.807) is 26.0 Å². The topological polar surface area (TPSA) is 47.6 Å². The zero-order chi connectivity index (χ0) is 18.1. The van der Waals surface area contributed by atoms with E-state index in [0.717, 1.165) is 17.1 Å². The van der Waals surface area contributed by atoms with E-state index in [1.165, 1.54) is 5.56 Å². The van der Waals surface area contributed by atoms with Crippen molar-refractivity contribution in [2.24, 2.45) is 0 Å². The summed E-state index contributed by atoms with van der Waals surface area (Å²) in [4.78, 5) is 12.1. The monoisotopic (exact) mass is 359 g/mol. The third kappa shape index (κ3) is 6.02. The molecule has 0 aliphatic carbocycles. The van der Waals surface area contributed by atoms with Crippen LogP contribution in [0.25, 0.3) is 0 Å². The fraction of sp³-hybridized carbons (Fsp3) is 0.350. The number of hydrogen-bond acceptors (Lipinski definition) is 4. The number of benzene rings is 2. The predicted molar refractivity (Wildman–Crippen MR) is 103 cm³/mol. The van der Waals surface area contributed by atoms with Gasteiger partial charge < -0.3 is 14.8 Å². The Kier molecular flexibility index (Phi) is 7.67. The number of carbonyl (C=O) groups is 1. The number of amides is 1. The van der Waals surface area contributed by atoms with E-state index < -0.39 is 0 Å². The number of rotatable bonds is 9. The van der Waals surface area contributed by atoms with Crippen LogP contribution in [0.3, 0.4) is 0 Å². The fourth-order valence-corrected chi connectivity index (χ4v) is 3.35. The average Bonchev–Trinajstić information content (AvgIpc) is 2.65. The summed E-state index contributed by atoms with van der Waals surface area (Å²) in [6.07, 6.45) is 0.509. The zero-order valence-electron chi connectivity index (χ0n) is 15.0. The Balaban J connectivity index is 1.78. The number of nitrogens with one attached hydrogen (secondary N) is 1. The van der Waals surface area contributed by atoms with Crippen LogP contribution in [0.2, 0.25) is 0 Å². The van der Waals surface area contributed by atoms with Crippen molar-refractivity contribution in [2.45, 2.75) is 25.1 Å². The summed E-state index contributed by atoms with van der Waals surface area (Å²) in [7, 11) is 3.21. The van der Waals surface area contributed by atoms with Gasteiger partial charge in [-0.2, -0.15) is 11.8 Å². The molecule has 0 aliphatic rings. The minimum atomic E-state index is -0.0774. The molecule has 25 heavy (non-hydrogen) atoms. The predicted octanol–water partition coefficient (Wildman–Crippen LogP) is 4.20. The van der Waals surface area contributed by atoms with Gasteiger partial charge in [0, 0.05) is 17.9 Å². The molecule has 0 spiro atoms. The minimum Gasteiger partial charge on any atom is -0.493 e. The molecular formula is C20H25NO3S. The van der Waals surface area contributed by atoms with Gasteiger partial charge in [-0.3, -0.25) is 4.79 Å². The molecule has 1 atom stereocenters. The normalized spacial score (nSPS) is 11.6. The lowest BCUT2D eigenvalue weighted by molar-refractivity contribution is -0.121. The minimum absolute atomic E-state index is 0.0582. The van der Waals surface area contributed by atoms with Crippen molar-refractivity contribution >= 4 is 17.7 Å². The van der Waals surface area contributed by atoms with Gasteiger partial charge in [-0.1, -0.05) is 36.4 Å². The van der Waals surface area contributed by atoms with Gasteiger partial charge in [0.05, 0.1) is 20.3 Å². The Morgan fingerprint density at radius 3 is 2.48 bits per heavy atom. The summed E-state index contributed by atoms with van der Waals surface area (Å²) in [5, 5.41) is 3.03. The summed E-state index contributed by atoms with van der Waals surface area (Å²) >= 11 is 1.77. The molecule has 0 unspecified atom stereocenters. The van der Waals surface area contributed by atoms with Gasteiger partial charge in [0.1, 0.15) is 0 Å². The van der Waals surface area contributed by atoms with Crippen LogP contribution < -0.4 is 14.8 Å². The van der Waals surface area contributed by atoms with Crippen molar-refractivity contribution in [3.8, 4) is 11.5 Å². The number of thioether (sulfide) groups is 1. The van der Waals surface area contributed by atoms with Crippen molar-refractivity contribution in [2.75, 3.05) is 20.0 Å². The molecule has 2 aromatic carbocycles. The Bertz CT molecular complexity index is 676. The smallest absolute Gasteiger partial charge is 0.221 e. The first-order valence-corrected chi connectivity index (χ1v) is 9.42. The standard InChI is InChI=1S/C20H25NO3S/c1-15(17-9-10-18(23-2)19(13-17)24-3)21-20(22)11-12-25-14-16-7-5-4-6-8-16/h4-10,13,15H,11-12,14H2,1-3H3,(H,21,22)/t15-/m0/s1. The Morgan fingerprint density at radius 2 is 1.80 bits per heavy atom. The summed E-state index contributed by atoms with van der Waals surface area (Å²) < 4.78 is 10.6. The van der Waals surface area contributed by atoms with Gasteiger partial charge in [-0.15, -0.1) is 0 Å². The second kappa shape index (κ2) is 9.99. The molecule has 1 N–H and O–H groups in total. The van der Waals surface area contributed by atoms with E-state index >= 15 is 0 Å². The molecular weight excluding hydrogens is 334 g/mol. The van der Waals surface area contributed by atoms with Crippen LogP contribution in [0, 0.1) is 0 Å². The van der Waals surface area contributed by atoms with Crippen LogP contribution in [0.4, 0.5) is 0 Å². The van der Waals surface area contributed by atoms with E-state index in [1.807, 2.05) is 43.3 Å². The molecule has 0 fully saturated rings. The first-order valence-electron chi connectivity index (χ1n) is 8.27. The molecule has 0 aromatic heterocycles. The molecule has 0 bridgehead atoms. The summed E-state index contributed by atoms with van der Waals surface area (Å²) in [5.41, 5.74) is 2.27. The van der Waals surface area contributed by atoms with Crippen LogP contribution in [-0.4, -0.2) is 25.9 Å². The van der Waals surface area contributed by atoms with Gasteiger partial charge in [0.25, 0.3) is 0 Å². The van der Waals surface area contributed by atoms with Gasteiger partial charge in [-0.05, 0) is 30.2 Å². The van der Waals surface area contributed by atoms with Crippen molar-refractivity contribution in [3.05, 3.63) is 59.7 Å². The fourth-order valence-electron chi connectivity index (χ4n) is 2.45. The van der Waals surface area contributed by atoms with Crippen LogP contribution in [-0.2, 0) is 10.5 Å². The van der Waals surface area contributed by atoms with Crippen molar-refractivity contribution in [1.82, 2.24) is 5.32 Å². The maximum Gasteiger partial charge on any atom is 0.221 e. The first kappa shape index (κ1) is 19.2. The number of ether oxygens (including phenoxy) is 2. The van der Waals surface area contributed by atoms with Crippen molar-refractivity contribution < 1.29 is 14.3 Å². The Labute approximate surface area is 153 Å². The lowest BCUT2D eigenvalue weighted by Crippen LogP contribution is -2.26. The van der Waals surface area contributed by atoms with E-state index in [4.69, 9.17) is 9.47 Å². The van der Waals surface area contributed by atoms with E-state index in [0.29, 0.717) is 17.9 Å². The molecule has 1 amide bonds. The SMILES string of the molecule is COc1ccc([C@H](C)NC(=O)CCSCc2ccccc2)cc1OC. The molecule has 4 nitrogen and oxygen atoms in total. The second-order valence-corrected chi connectivity index (χ2v) is 6.80. The third-order valence-electron chi connectivity index (χ3n) is 3.87. The third-order valence-corrected chi connectivity index (χ3v) is 4.90. The molecule has 2 rings (SSSR count). The first-order chi connectivity index (χ1) is 12.1. The van der Waals surface area contributed by atoms with Gasteiger partial charge in [-0.25, -0.2) is 0 Å². The second-order valence-electron chi connectivity index (χ2n) is 5.69. The molecule has 0 saturated heterocycles. The highest BCUT2D eigenvalue weighted by molar-refractivity contribution is 7.98. The van der Waals surface area contributed by atoms with E-state index in [9.17, 15) is 4.79 Å². The summed E-state index contributed by atoms with van der Waals surface area (Å²) in [5.74, 6) is 3.14. The van der Waals surface area contributed by atoms with E-state index in [2.05, 4.69) is 17.4 Å². The largest absolute Gasteiger partial charge is 0.493 e. The highest BCUT2D eigenvalue weighted by Gasteiger charge is 2.12. The number of methoxy groups -OCH3 is 2. The van der Waals surface area contributed by atoms with Crippen molar-refractivity contribution in [3.63, 3.8) is 0 Å². The molecule has 2 aromatic rings. The highest BCUT2D eigenvalue weighted by atomic mass is 32.2. The van der Waals surface area contributed by atoms with Gasteiger partial charge in [0.15, 0.2) is 11.5 Å². The lowest BCUT2D eigenvalue weighted by atomic mass is 10.1. The summed E-state index contributed by atoms with van der Waals surface area (Å²) in [6.45, 7) is 1.97. The lowest BCUT2D eigenvalue weighted by Gasteiger charge is -2.16. The van der Waals surface area contributed by atoms with E-state index in [-0.39, 0.29) is 11.9 Å². The van der Waals surface area contributed by atoms with Crippen LogP contribution in [0.15, 0.2) is 48.5 Å². The van der Waals surface area contributed by atoms with Gasteiger partial charge >= 0.3 is 0 Å². The van der Waals surface area contributed by atoms with Crippen LogP contribution in [0.5, 0.6) is 11.5 Å². The van der Waals surface area contributed by atoms with Crippen LogP contribution in [0.1, 0.15) is 30.5 Å². The highest BCUT2D eigenvalue weighted by Crippen LogP contribution is 2.29. The van der Waals surface area contributed by atoms with Crippen LogP contribution >= 0.6 is 11.8 Å². The molecule has 0 aliphatic heterocycles. The molecule has 5 heteroatoms. The number of hydrogen-bond donors (Lipinski definition) is 1. The molecule has 0 saturated carbocycles. The zero-order valence-corrected chi connectivity index (χ0v) is 15.8. The maximum atomic E-state index is 12.1. The number of carbonyl (C=O) groups excluding carboxylic acids is 1. The Morgan fingerprint density at radius 1 is 1.08 bits per heavy atom. The molecule has 0 radical (unpaired) electrons. The molecule has 0 heterocycles. The average molecular weight is 359 g/mol. The summed E-state index contributed by atoms with van der Waals surface area (Å²) in [6, 6.07) is 15.9. The Hall–Kier alpha value is -2.14. The maximum absolute atomic E-state index is 12.1. The van der Waals surface area contributed by atoms with Crippen molar-refractivity contribution in [1.29, 1.82) is 0 Å². The van der Waals surface area contributed by atoms with Gasteiger partial charge in [0.2, 0.25) is 5.91 Å².